The summed E-state index contributed by atoms with van der Waals surface area (Å²) in [4.78, 5) is 12.1. The highest BCUT2D eigenvalue weighted by Crippen LogP contribution is 2.25. The van der Waals surface area contributed by atoms with Crippen molar-refractivity contribution >= 4 is 38.5 Å². The Morgan fingerprint density at radius 1 is 1.00 bits per heavy atom. The lowest BCUT2D eigenvalue weighted by molar-refractivity contribution is 0.619. The Balaban J connectivity index is 2.24. The van der Waals surface area contributed by atoms with Crippen LogP contribution in [0.3, 0.4) is 0 Å². The van der Waals surface area contributed by atoms with Crippen LogP contribution in [0.25, 0.3) is 22.3 Å². The molecule has 94 valence electrons. The third-order valence-electron chi connectivity index (χ3n) is 2.82. The van der Waals surface area contributed by atoms with E-state index in [-0.39, 0.29) is 5.43 Å². The van der Waals surface area contributed by atoms with Gasteiger partial charge in [0.05, 0.1) is 5.39 Å². The molecule has 1 aromatic heterocycles. The van der Waals surface area contributed by atoms with Crippen molar-refractivity contribution in [1.82, 2.24) is 0 Å². The molecule has 0 atom stereocenters. The van der Waals surface area contributed by atoms with Gasteiger partial charge in [0.15, 0.2) is 5.43 Å². The highest BCUT2D eigenvalue weighted by atomic mass is 79.9. The maximum absolute atomic E-state index is 12.1. The minimum Gasteiger partial charge on any atom is -0.456 e. The van der Waals surface area contributed by atoms with Crippen molar-refractivity contribution in [2.45, 2.75) is 0 Å². The van der Waals surface area contributed by atoms with E-state index in [1.54, 1.807) is 18.2 Å². The minimum atomic E-state index is -0.0957. The number of fused-ring (bicyclic) bond motifs is 1. The van der Waals surface area contributed by atoms with Gasteiger partial charge in [0, 0.05) is 21.1 Å². The van der Waals surface area contributed by atoms with Gasteiger partial charge in [-0.25, -0.2) is 0 Å². The van der Waals surface area contributed by atoms with Gasteiger partial charge in [-0.3, -0.25) is 4.79 Å². The summed E-state index contributed by atoms with van der Waals surface area (Å²) in [6.07, 6.45) is 0. The van der Waals surface area contributed by atoms with Crippen molar-refractivity contribution in [1.29, 1.82) is 0 Å². The van der Waals surface area contributed by atoms with Crippen LogP contribution in [0.15, 0.2) is 62.2 Å². The van der Waals surface area contributed by atoms with Gasteiger partial charge in [0.2, 0.25) is 0 Å². The first kappa shape index (κ1) is 12.5. The van der Waals surface area contributed by atoms with Gasteiger partial charge in [-0.2, -0.15) is 0 Å². The van der Waals surface area contributed by atoms with E-state index in [0.29, 0.717) is 21.8 Å². The van der Waals surface area contributed by atoms with Crippen LogP contribution in [0.1, 0.15) is 0 Å². The zero-order valence-corrected chi connectivity index (χ0v) is 12.0. The standard InChI is InChI=1S/C15H8BrClO2/c16-10-3-1-9(2-4-10)15-8-13(18)12-7-11(17)5-6-14(12)19-15/h1-8H. The van der Waals surface area contributed by atoms with Crippen LogP contribution in [-0.4, -0.2) is 0 Å². The molecule has 4 heteroatoms. The Kier molecular flexibility index (Phi) is 3.17. The highest BCUT2D eigenvalue weighted by Gasteiger charge is 2.07. The summed E-state index contributed by atoms with van der Waals surface area (Å²) in [6, 6.07) is 14.1. The molecule has 0 radical (unpaired) electrons. The number of hydrogen-bond donors (Lipinski definition) is 0. The second kappa shape index (κ2) is 4.83. The lowest BCUT2D eigenvalue weighted by Crippen LogP contribution is -2.00. The number of halogens is 2. The normalized spacial score (nSPS) is 10.8. The minimum absolute atomic E-state index is 0.0957. The lowest BCUT2D eigenvalue weighted by atomic mass is 10.1. The van der Waals surface area contributed by atoms with Gasteiger partial charge in [0.25, 0.3) is 0 Å². The molecular formula is C15H8BrClO2. The van der Waals surface area contributed by atoms with E-state index >= 15 is 0 Å². The first-order valence-corrected chi connectivity index (χ1v) is 6.80. The fourth-order valence-corrected chi connectivity index (χ4v) is 2.32. The maximum Gasteiger partial charge on any atom is 0.193 e. The van der Waals surface area contributed by atoms with Gasteiger partial charge in [-0.15, -0.1) is 0 Å². The molecule has 0 saturated carbocycles. The van der Waals surface area contributed by atoms with Gasteiger partial charge >= 0.3 is 0 Å². The van der Waals surface area contributed by atoms with Crippen molar-refractivity contribution in [2.75, 3.05) is 0 Å². The van der Waals surface area contributed by atoms with E-state index in [1.807, 2.05) is 24.3 Å². The molecule has 0 bridgehead atoms. The van der Waals surface area contributed by atoms with Crippen molar-refractivity contribution in [3.05, 3.63) is 68.2 Å². The Morgan fingerprint density at radius 2 is 1.74 bits per heavy atom. The van der Waals surface area contributed by atoms with Crippen LogP contribution in [0.5, 0.6) is 0 Å². The van der Waals surface area contributed by atoms with Gasteiger partial charge in [-0.05, 0) is 30.3 Å². The van der Waals surface area contributed by atoms with Crippen LogP contribution in [0.4, 0.5) is 0 Å². The van der Waals surface area contributed by atoms with Crippen LogP contribution in [0.2, 0.25) is 5.02 Å². The zero-order chi connectivity index (χ0) is 13.4. The average Bonchev–Trinajstić information content (AvgIpc) is 2.40. The van der Waals surface area contributed by atoms with Crippen molar-refractivity contribution in [3.8, 4) is 11.3 Å². The summed E-state index contributed by atoms with van der Waals surface area (Å²) in [5.74, 6) is 0.548. The molecular weight excluding hydrogens is 328 g/mol. The third kappa shape index (κ3) is 2.44. The first-order valence-electron chi connectivity index (χ1n) is 5.63. The molecule has 0 N–H and O–H groups in total. The molecule has 0 saturated heterocycles. The molecule has 1 heterocycles. The quantitative estimate of drug-likeness (QED) is 0.634. The fourth-order valence-electron chi connectivity index (χ4n) is 1.88. The molecule has 0 fully saturated rings. The second-order valence-electron chi connectivity index (χ2n) is 4.12. The van der Waals surface area contributed by atoms with E-state index in [9.17, 15) is 4.79 Å². The van der Waals surface area contributed by atoms with E-state index in [4.69, 9.17) is 16.0 Å². The summed E-state index contributed by atoms with van der Waals surface area (Å²) in [5, 5.41) is 1.02. The third-order valence-corrected chi connectivity index (χ3v) is 3.58. The molecule has 0 aliphatic rings. The Morgan fingerprint density at radius 3 is 2.47 bits per heavy atom. The molecule has 19 heavy (non-hydrogen) atoms. The number of hydrogen-bond acceptors (Lipinski definition) is 2. The Hall–Kier alpha value is -1.58. The lowest BCUT2D eigenvalue weighted by Gasteiger charge is -2.03. The van der Waals surface area contributed by atoms with Crippen LogP contribution >= 0.6 is 27.5 Å². The largest absolute Gasteiger partial charge is 0.456 e. The molecule has 3 rings (SSSR count). The summed E-state index contributed by atoms with van der Waals surface area (Å²) in [7, 11) is 0. The van der Waals surface area contributed by atoms with Gasteiger partial charge in [-0.1, -0.05) is 39.7 Å². The maximum atomic E-state index is 12.1. The predicted octanol–water partition coefficient (Wildman–Crippen LogP) is 4.88. The Labute approximate surface area is 122 Å². The Bertz CT molecular complexity index is 806. The molecule has 0 amide bonds. The zero-order valence-electron chi connectivity index (χ0n) is 9.69. The van der Waals surface area contributed by atoms with Crippen LogP contribution < -0.4 is 5.43 Å². The summed E-state index contributed by atoms with van der Waals surface area (Å²) >= 11 is 9.25. The number of benzene rings is 2. The molecule has 0 aliphatic heterocycles. The van der Waals surface area contributed by atoms with Gasteiger partial charge < -0.3 is 4.42 Å². The van der Waals surface area contributed by atoms with E-state index < -0.39 is 0 Å². The van der Waals surface area contributed by atoms with Crippen molar-refractivity contribution in [3.63, 3.8) is 0 Å². The molecule has 3 aromatic rings. The van der Waals surface area contributed by atoms with Crippen LogP contribution in [0, 0.1) is 0 Å². The summed E-state index contributed by atoms with van der Waals surface area (Å²) in [5.41, 5.74) is 1.30. The highest BCUT2D eigenvalue weighted by molar-refractivity contribution is 9.10. The molecule has 2 nitrogen and oxygen atoms in total. The fraction of sp³-hybridized carbons (Fsp3) is 0. The van der Waals surface area contributed by atoms with E-state index in [1.165, 1.54) is 6.07 Å². The monoisotopic (exact) mass is 334 g/mol. The SMILES string of the molecule is O=c1cc(-c2ccc(Br)cc2)oc2ccc(Cl)cc12. The summed E-state index contributed by atoms with van der Waals surface area (Å²) < 4.78 is 6.73. The topological polar surface area (TPSA) is 30.2 Å². The molecule has 0 unspecified atom stereocenters. The molecule has 2 aromatic carbocycles. The van der Waals surface area contributed by atoms with E-state index in [2.05, 4.69) is 15.9 Å². The summed E-state index contributed by atoms with van der Waals surface area (Å²) in [6.45, 7) is 0. The van der Waals surface area contributed by atoms with E-state index in [0.717, 1.165) is 10.0 Å². The van der Waals surface area contributed by atoms with Crippen molar-refractivity contribution < 1.29 is 4.42 Å². The molecule has 0 aliphatic carbocycles. The first-order chi connectivity index (χ1) is 9.13. The predicted molar refractivity (Wildman–Crippen MR) is 80.6 cm³/mol. The second-order valence-corrected chi connectivity index (χ2v) is 5.47. The van der Waals surface area contributed by atoms with Crippen molar-refractivity contribution in [2.24, 2.45) is 0 Å². The number of rotatable bonds is 1. The van der Waals surface area contributed by atoms with Gasteiger partial charge in [0.1, 0.15) is 11.3 Å². The smallest absolute Gasteiger partial charge is 0.193 e. The molecule has 0 spiro atoms. The average molecular weight is 336 g/mol. The van der Waals surface area contributed by atoms with Crippen LogP contribution in [-0.2, 0) is 0 Å².